The lowest BCUT2D eigenvalue weighted by Gasteiger charge is -2.73. The van der Waals surface area contributed by atoms with Crippen molar-refractivity contribution in [1.29, 1.82) is 0 Å². The van der Waals surface area contributed by atoms with E-state index in [4.69, 9.17) is 4.74 Å². The summed E-state index contributed by atoms with van der Waals surface area (Å²) in [6.45, 7) is 9.58. The molecule has 0 spiro atoms. The second-order valence-electron chi connectivity index (χ2n) is 8.93. The van der Waals surface area contributed by atoms with E-state index in [1.807, 2.05) is 27.7 Å². The van der Waals surface area contributed by atoms with Crippen LogP contribution >= 0.6 is 0 Å². The van der Waals surface area contributed by atoms with Crippen LogP contribution < -0.4 is 0 Å². The summed E-state index contributed by atoms with van der Waals surface area (Å²) in [7, 11) is 0. The third-order valence-electron chi connectivity index (χ3n) is 6.47. The van der Waals surface area contributed by atoms with E-state index in [0.29, 0.717) is 18.8 Å². The maximum atomic E-state index is 12.6. The average Bonchev–Trinajstić information content (AvgIpc) is 2.22. The van der Waals surface area contributed by atoms with Crippen molar-refractivity contribution in [3.63, 3.8) is 0 Å². The summed E-state index contributed by atoms with van der Waals surface area (Å²) in [5, 5.41) is 21.2. The van der Waals surface area contributed by atoms with Crippen molar-refractivity contribution in [3.05, 3.63) is 0 Å². The van der Waals surface area contributed by atoms with E-state index in [1.165, 1.54) is 0 Å². The zero-order valence-electron chi connectivity index (χ0n) is 13.8. The van der Waals surface area contributed by atoms with Crippen LogP contribution in [-0.4, -0.2) is 33.0 Å². The van der Waals surface area contributed by atoms with Crippen LogP contribution in [0.1, 0.15) is 60.3 Å². The minimum atomic E-state index is -0.959. The lowest BCUT2D eigenvalue weighted by Crippen LogP contribution is -2.79. The van der Waals surface area contributed by atoms with Gasteiger partial charge in [-0.2, -0.15) is 0 Å². The van der Waals surface area contributed by atoms with Crippen LogP contribution in [0, 0.1) is 23.2 Å². The van der Waals surface area contributed by atoms with Crippen LogP contribution in [0.3, 0.4) is 0 Å². The van der Waals surface area contributed by atoms with E-state index in [9.17, 15) is 15.0 Å². The molecule has 0 saturated heterocycles. The Balaban J connectivity index is 1.83. The molecule has 3 aliphatic rings. The Labute approximate surface area is 126 Å². The Bertz CT molecular complexity index is 481. The van der Waals surface area contributed by atoms with Gasteiger partial charge in [-0.3, -0.25) is 4.79 Å². The van der Waals surface area contributed by atoms with Gasteiger partial charge in [0.15, 0.2) is 0 Å². The normalized spacial score (nSPS) is 48.2. The lowest BCUT2D eigenvalue weighted by molar-refractivity contribution is -0.348. The van der Waals surface area contributed by atoms with E-state index < -0.39 is 22.2 Å². The van der Waals surface area contributed by atoms with Crippen molar-refractivity contribution in [2.24, 2.45) is 23.2 Å². The van der Waals surface area contributed by atoms with Crippen LogP contribution in [0.5, 0.6) is 0 Å². The molecule has 0 heterocycles. The molecular formula is C17H28O4. The van der Waals surface area contributed by atoms with Gasteiger partial charge in [0.25, 0.3) is 0 Å². The number of aliphatic hydroxyl groups is 2. The number of hydrogen-bond acceptors (Lipinski definition) is 4. The van der Waals surface area contributed by atoms with E-state index in [1.54, 1.807) is 6.92 Å². The maximum Gasteiger partial charge on any atom is 0.312 e. The minimum Gasteiger partial charge on any atom is -0.458 e. The van der Waals surface area contributed by atoms with Crippen LogP contribution in [0.4, 0.5) is 0 Å². The van der Waals surface area contributed by atoms with Gasteiger partial charge in [-0.25, -0.2) is 0 Å². The molecule has 3 fully saturated rings. The van der Waals surface area contributed by atoms with Gasteiger partial charge in [0.1, 0.15) is 5.60 Å². The van der Waals surface area contributed by atoms with Gasteiger partial charge in [0, 0.05) is 18.8 Å². The fourth-order valence-corrected chi connectivity index (χ4v) is 4.92. The van der Waals surface area contributed by atoms with Gasteiger partial charge in [0.05, 0.1) is 16.6 Å². The van der Waals surface area contributed by atoms with E-state index >= 15 is 0 Å². The number of esters is 1. The first-order valence-corrected chi connectivity index (χ1v) is 8.10. The SMILES string of the molecule is CC(C)C(C)(C)C(=O)OC12CC3CC(O)(CC(C)(O)C1)C32. The molecule has 3 rings (SSSR count). The molecule has 0 aromatic heterocycles. The molecule has 5 unspecified atom stereocenters. The fourth-order valence-electron chi connectivity index (χ4n) is 4.92. The van der Waals surface area contributed by atoms with Crippen molar-refractivity contribution >= 4 is 5.97 Å². The highest BCUT2D eigenvalue weighted by molar-refractivity contribution is 5.77. The van der Waals surface area contributed by atoms with E-state index in [0.717, 1.165) is 12.8 Å². The molecule has 3 aliphatic carbocycles. The monoisotopic (exact) mass is 296 g/mol. The molecule has 0 radical (unpaired) electrons. The summed E-state index contributed by atoms with van der Waals surface area (Å²) in [6, 6.07) is 0. The molecule has 0 aromatic carbocycles. The quantitative estimate of drug-likeness (QED) is 0.784. The molecule has 2 N–H and O–H groups in total. The Morgan fingerprint density at radius 2 is 1.86 bits per heavy atom. The molecule has 0 amide bonds. The smallest absolute Gasteiger partial charge is 0.312 e. The number of hydrogen-bond donors (Lipinski definition) is 2. The zero-order valence-corrected chi connectivity index (χ0v) is 13.8. The summed E-state index contributed by atoms with van der Waals surface area (Å²) >= 11 is 0. The van der Waals surface area contributed by atoms with Crippen molar-refractivity contribution in [2.75, 3.05) is 0 Å². The van der Waals surface area contributed by atoms with Crippen molar-refractivity contribution in [1.82, 2.24) is 0 Å². The van der Waals surface area contributed by atoms with Gasteiger partial charge >= 0.3 is 5.97 Å². The number of rotatable bonds is 3. The first-order chi connectivity index (χ1) is 9.42. The Morgan fingerprint density at radius 1 is 1.24 bits per heavy atom. The van der Waals surface area contributed by atoms with Crippen molar-refractivity contribution < 1.29 is 19.7 Å². The predicted molar refractivity (Wildman–Crippen MR) is 78.5 cm³/mol. The molecule has 120 valence electrons. The molecule has 0 aromatic rings. The first-order valence-electron chi connectivity index (χ1n) is 8.10. The summed E-state index contributed by atoms with van der Waals surface area (Å²) in [5.74, 6) is 0.461. The number of ether oxygens (including phenoxy) is 1. The highest BCUT2D eigenvalue weighted by Gasteiger charge is 2.76. The van der Waals surface area contributed by atoms with E-state index in [2.05, 4.69) is 0 Å². The molecule has 4 heteroatoms. The second kappa shape index (κ2) is 4.02. The molecule has 4 nitrogen and oxygen atoms in total. The third-order valence-corrected chi connectivity index (χ3v) is 6.47. The lowest BCUT2D eigenvalue weighted by atomic mass is 9.37. The highest BCUT2D eigenvalue weighted by atomic mass is 16.6. The molecule has 0 bridgehead atoms. The second-order valence-corrected chi connectivity index (χ2v) is 8.93. The Morgan fingerprint density at radius 3 is 2.38 bits per heavy atom. The van der Waals surface area contributed by atoms with Crippen molar-refractivity contribution in [3.8, 4) is 0 Å². The topological polar surface area (TPSA) is 66.8 Å². The average molecular weight is 296 g/mol. The molecule has 3 saturated carbocycles. The van der Waals surface area contributed by atoms with Gasteiger partial charge in [-0.05, 0) is 45.4 Å². The van der Waals surface area contributed by atoms with Crippen LogP contribution in [0.25, 0.3) is 0 Å². The minimum absolute atomic E-state index is 0.0251. The van der Waals surface area contributed by atoms with Crippen LogP contribution in [0.2, 0.25) is 0 Å². The largest absolute Gasteiger partial charge is 0.458 e. The molecular weight excluding hydrogens is 268 g/mol. The van der Waals surface area contributed by atoms with Gasteiger partial charge in [0.2, 0.25) is 0 Å². The standard InChI is InChI=1S/C17H28O4/c1-10(2)14(3,4)13(18)21-17-7-11-6-16(20,12(11)17)8-15(5,19)9-17/h10-12,19-20H,6-9H2,1-5H3. The van der Waals surface area contributed by atoms with Crippen LogP contribution in [0.15, 0.2) is 0 Å². The third kappa shape index (κ3) is 1.98. The molecule has 0 aliphatic heterocycles. The van der Waals surface area contributed by atoms with E-state index in [-0.39, 0.29) is 17.8 Å². The van der Waals surface area contributed by atoms with Crippen LogP contribution in [-0.2, 0) is 9.53 Å². The number of carbonyl (C=O) groups excluding carboxylic acids is 1. The molecule has 21 heavy (non-hydrogen) atoms. The van der Waals surface area contributed by atoms with Gasteiger partial charge in [-0.15, -0.1) is 0 Å². The van der Waals surface area contributed by atoms with Crippen molar-refractivity contribution in [2.45, 2.75) is 77.1 Å². The Hall–Kier alpha value is -0.610. The van der Waals surface area contributed by atoms with Gasteiger partial charge < -0.3 is 14.9 Å². The predicted octanol–water partition coefficient (Wildman–Crippen LogP) is 2.27. The fraction of sp³-hybridized carbons (Fsp3) is 0.941. The number of carbonyl (C=O) groups is 1. The summed E-state index contributed by atoms with van der Waals surface area (Å²) in [5.41, 5.74) is -3.00. The maximum absolute atomic E-state index is 12.6. The molecule has 5 atom stereocenters. The summed E-state index contributed by atoms with van der Waals surface area (Å²) < 4.78 is 5.95. The summed E-state index contributed by atoms with van der Waals surface area (Å²) in [4.78, 5) is 12.6. The Kier molecular flexibility index (Phi) is 2.93. The summed E-state index contributed by atoms with van der Waals surface area (Å²) in [6.07, 6.45) is 2.37. The highest BCUT2D eigenvalue weighted by Crippen LogP contribution is 2.70. The zero-order chi connectivity index (χ0) is 15.8. The van der Waals surface area contributed by atoms with Gasteiger partial charge in [-0.1, -0.05) is 13.8 Å². The first kappa shape index (κ1) is 15.3.